The summed E-state index contributed by atoms with van der Waals surface area (Å²) in [5, 5.41) is 21.7. The Hall–Kier alpha value is -0.870. The number of aliphatic hydroxyl groups is 2. The van der Waals surface area contributed by atoms with E-state index in [0.717, 1.165) is 44.9 Å². The van der Waals surface area contributed by atoms with Gasteiger partial charge in [-0.3, -0.25) is 4.79 Å². The topological polar surface area (TPSA) is 66.8 Å². The fourth-order valence-corrected chi connectivity index (χ4v) is 7.31. The average Bonchev–Trinajstić information content (AvgIpc) is 2.90. The second-order valence-electron chi connectivity index (χ2n) is 9.59. The largest absolute Gasteiger partial charge is 0.466 e. The van der Waals surface area contributed by atoms with Gasteiger partial charge < -0.3 is 14.9 Å². The van der Waals surface area contributed by atoms with Crippen molar-refractivity contribution in [1.29, 1.82) is 0 Å². The van der Waals surface area contributed by atoms with Gasteiger partial charge in [-0.05, 0) is 75.0 Å². The lowest BCUT2D eigenvalue weighted by molar-refractivity contribution is -0.162. The Morgan fingerprint density at radius 1 is 1.19 bits per heavy atom. The van der Waals surface area contributed by atoms with Crippen LogP contribution >= 0.6 is 0 Å². The summed E-state index contributed by atoms with van der Waals surface area (Å²) in [4.78, 5) is 12.8. The van der Waals surface area contributed by atoms with Crippen LogP contribution in [0.3, 0.4) is 0 Å². The average molecular weight is 363 g/mol. The molecule has 0 aliphatic heterocycles. The second-order valence-corrected chi connectivity index (χ2v) is 9.59. The molecule has 3 fully saturated rings. The predicted octanol–water partition coefficient (Wildman–Crippen LogP) is 3.46. The Balaban J connectivity index is 1.75. The highest BCUT2D eigenvalue weighted by Gasteiger charge is 2.62. The minimum absolute atomic E-state index is 0.0597. The minimum atomic E-state index is -0.445. The fourth-order valence-electron chi connectivity index (χ4n) is 7.31. The molecule has 0 heterocycles. The van der Waals surface area contributed by atoms with Crippen molar-refractivity contribution in [2.45, 2.75) is 77.9 Å². The van der Waals surface area contributed by atoms with Crippen LogP contribution in [0.15, 0.2) is 11.6 Å². The van der Waals surface area contributed by atoms with E-state index < -0.39 is 6.10 Å². The zero-order valence-electron chi connectivity index (χ0n) is 16.4. The maximum Gasteiger partial charge on any atom is 0.309 e. The SMILES string of the molecule is CCOC(=O)C1CCCC2=C[C@H](O)[C@H]3[C@@H]4CC[C@H](O)[C@@]4(C)CC[C@@H]3[C@]21C. The number of carbonyl (C=O) groups excluding carboxylic acids is 1. The van der Waals surface area contributed by atoms with Crippen molar-refractivity contribution in [2.75, 3.05) is 6.61 Å². The molecule has 0 aromatic carbocycles. The van der Waals surface area contributed by atoms with Crippen molar-refractivity contribution in [1.82, 2.24) is 0 Å². The van der Waals surface area contributed by atoms with Crippen LogP contribution in [0.5, 0.6) is 0 Å². The van der Waals surface area contributed by atoms with Gasteiger partial charge in [0.2, 0.25) is 0 Å². The second kappa shape index (κ2) is 6.34. The Morgan fingerprint density at radius 3 is 2.69 bits per heavy atom. The molecule has 146 valence electrons. The Kier molecular flexibility index (Phi) is 4.51. The van der Waals surface area contributed by atoms with E-state index in [1.165, 1.54) is 5.57 Å². The molecular weight excluding hydrogens is 328 g/mol. The van der Waals surface area contributed by atoms with E-state index in [1.807, 2.05) is 6.92 Å². The first-order valence-electron chi connectivity index (χ1n) is 10.6. The Bertz CT molecular complexity index is 613. The van der Waals surface area contributed by atoms with Gasteiger partial charge in [0.15, 0.2) is 0 Å². The number of allylic oxidation sites excluding steroid dienone is 1. The number of carbonyl (C=O) groups is 1. The Morgan fingerprint density at radius 2 is 1.96 bits per heavy atom. The monoisotopic (exact) mass is 362 g/mol. The summed E-state index contributed by atoms with van der Waals surface area (Å²) in [7, 11) is 0. The lowest BCUT2D eigenvalue weighted by Gasteiger charge is -2.59. The highest BCUT2D eigenvalue weighted by atomic mass is 16.5. The van der Waals surface area contributed by atoms with Crippen LogP contribution in [0, 0.1) is 34.5 Å². The van der Waals surface area contributed by atoms with Crippen LogP contribution in [0.4, 0.5) is 0 Å². The van der Waals surface area contributed by atoms with Crippen molar-refractivity contribution in [3.05, 3.63) is 11.6 Å². The van der Waals surface area contributed by atoms with Crippen LogP contribution in [0.1, 0.15) is 65.7 Å². The van der Waals surface area contributed by atoms with E-state index in [9.17, 15) is 15.0 Å². The molecule has 8 atom stereocenters. The molecule has 0 radical (unpaired) electrons. The summed E-state index contributed by atoms with van der Waals surface area (Å²) in [5.74, 6) is 0.629. The van der Waals surface area contributed by atoms with Crippen LogP contribution in [0.25, 0.3) is 0 Å². The summed E-state index contributed by atoms with van der Waals surface area (Å²) in [6.45, 7) is 6.77. The molecule has 4 aliphatic rings. The van der Waals surface area contributed by atoms with E-state index in [1.54, 1.807) is 0 Å². The number of fused-ring (bicyclic) bond motifs is 5. The maximum absolute atomic E-state index is 12.8. The van der Waals surface area contributed by atoms with Crippen LogP contribution < -0.4 is 0 Å². The molecule has 4 nitrogen and oxygen atoms in total. The van der Waals surface area contributed by atoms with E-state index in [-0.39, 0.29) is 34.7 Å². The third-order valence-electron chi connectivity index (χ3n) is 8.75. The standard InChI is InChI=1S/C22H34O4/c1-4-26-20(25)16-7-5-6-13-12-17(23)19-14-8-9-18(24)21(14,2)11-10-15(19)22(13,16)3/h12,14-19,23-24H,4-11H2,1-3H3/t14-,15-,16?,17-,18-,19-,21-,22-/m0/s1. The molecule has 0 amide bonds. The van der Waals surface area contributed by atoms with Crippen molar-refractivity contribution in [3.63, 3.8) is 0 Å². The lowest BCUT2D eigenvalue weighted by atomic mass is 9.45. The van der Waals surface area contributed by atoms with E-state index in [4.69, 9.17) is 4.74 Å². The Labute approximate surface area is 157 Å². The summed E-state index contributed by atoms with van der Waals surface area (Å²) in [6, 6.07) is 0. The summed E-state index contributed by atoms with van der Waals surface area (Å²) >= 11 is 0. The number of rotatable bonds is 2. The van der Waals surface area contributed by atoms with Gasteiger partial charge in [-0.15, -0.1) is 0 Å². The summed E-state index contributed by atoms with van der Waals surface area (Å²) in [6.07, 6.45) is 8.03. The number of aliphatic hydroxyl groups excluding tert-OH is 2. The van der Waals surface area contributed by atoms with Crippen molar-refractivity contribution >= 4 is 5.97 Å². The van der Waals surface area contributed by atoms with Crippen LogP contribution in [0.2, 0.25) is 0 Å². The summed E-state index contributed by atoms with van der Waals surface area (Å²) < 4.78 is 5.46. The van der Waals surface area contributed by atoms with Gasteiger partial charge >= 0.3 is 5.97 Å². The van der Waals surface area contributed by atoms with Gasteiger partial charge in [0, 0.05) is 5.41 Å². The molecule has 26 heavy (non-hydrogen) atoms. The molecule has 2 N–H and O–H groups in total. The molecular formula is C22H34O4. The normalized spacial score (nSPS) is 50.3. The third kappa shape index (κ3) is 2.37. The molecule has 4 heteroatoms. The molecule has 4 aliphatic carbocycles. The first-order chi connectivity index (χ1) is 12.3. The van der Waals surface area contributed by atoms with E-state index >= 15 is 0 Å². The van der Waals surface area contributed by atoms with Crippen LogP contribution in [-0.2, 0) is 9.53 Å². The van der Waals surface area contributed by atoms with Gasteiger partial charge in [0.1, 0.15) is 0 Å². The first-order valence-corrected chi connectivity index (χ1v) is 10.6. The minimum Gasteiger partial charge on any atom is -0.466 e. The zero-order valence-corrected chi connectivity index (χ0v) is 16.4. The van der Waals surface area contributed by atoms with Gasteiger partial charge in [-0.25, -0.2) is 0 Å². The van der Waals surface area contributed by atoms with Crippen molar-refractivity contribution < 1.29 is 19.7 Å². The summed E-state index contributed by atoms with van der Waals surface area (Å²) in [5.41, 5.74) is 0.985. The molecule has 3 saturated carbocycles. The lowest BCUT2D eigenvalue weighted by Crippen LogP contribution is -2.57. The molecule has 0 aromatic rings. The number of hydrogen-bond donors (Lipinski definition) is 2. The molecule has 0 saturated heterocycles. The first kappa shape index (κ1) is 18.5. The van der Waals surface area contributed by atoms with Gasteiger partial charge in [0.25, 0.3) is 0 Å². The van der Waals surface area contributed by atoms with Gasteiger partial charge in [0.05, 0.1) is 24.7 Å². The molecule has 0 aromatic heterocycles. The smallest absolute Gasteiger partial charge is 0.309 e. The van der Waals surface area contributed by atoms with Crippen molar-refractivity contribution in [2.24, 2.45) is 34.5 Å². The molecule has 4 rings (SSSR count). The number of esters is 1. The van der Waals surface area contributed by atoms with Gasteiger partial charge in [-0.2, -0.15) is 0 Å². The molecule has 0 spiro atoms. The number of ether oxygens (including phenoxy) is 1. The zero-order chi connectivity index (χ0) is 18.7. The fraction of sp³-hybridized carbons (Fsp3) is 0.864. The molecule has 1 unspecified atom stereocenters. The molecule has 0 bridgehead atoms. The van der Waals surface area contributed by atoms with E-state index in [0.29, 0.717) is 18.4 Å². The maximum atomic E-state index is 12.8. The van der Waals surface area contributed by atoms with Crippen LogP contribution in [-0.4, -0.2) is 35.0 Å². The predicted molar refractivity (Wildman–Crippen MR) is 99.2 cm³/mol. The van der Waals surface area contributed by atoms with E-state index in [2.05, 4.69) is 19.9 Å². The van der Waals surface area contributed by atoms with Gasteiger partial charge in [-0.1, -0.05) is 25.5 Å². The van der Waals surface area contributed by atoms with Crippen molar-refractivity contribution in [3.8, 4) is 0 Å². The number of hydrogen-bond acceptors (Lipinski definition) is 4. The highest BCUT2D eigenvalue weighted by molar-refractivity contribution is 5.74. The third-order valence-corrected chi connectivity index (χ3v) is 8.75. The highest BCUT2D eigenvalue weighted by Crippen LogP contribution is 2.66. The quantitative estimate of drug-likeness (QED) is 0.583.